The van der Waals surface area contributed by atoms with Gasteiger partial charge >= 0.3 is 0 Å². The summed E-state index contributed by atoms with van der Waals surface area (Å²) < 4.78 is 23.1. The molecule has 0 saturated heterocycles. The fourth-order valence-electron chi connectivity index (χ4n) is 2.07. The Hall–Kier alpha value is -1.07. The molecule has 1 aromatic carbocycles. The van der Waals surface area contributed by atoms with Crippen molar-refractivity contribution in [2.45, 2.75) is 24.2 Å². The summed E-state index contributed by atoms with van der Waals surface area (Å²) in [5, 5.41) is 0. The van der Waals surface area contributed by atoms with E-state index in [-0.39, 0.29) is 10.3 Å². The molecule has 0 amide bonds. The molecule has 0 heterocycles. The van der Waals surface area contributed by atoms with Crippen LogP contribution in [0.2, 0.25) is 0 Å². The molecule has 1 aliphatic rings. The van der Waals surface area contributed by atoms with Crippen LogP contribution in [0.5, 0.6) is 0 Å². The Balaban J connectivity index is 2.32. The van der Waals surface area contributed by atoms with E-state index in [4.69, 9.17) is 11.5 Å². The van der Waals surface area contributed by atoms with Crippen LogP contribution in [0, 0.1) is 5.41 Å². The second-order valence-electron chi connectivity index (χ2n) is 5.03. The highest BCUT2D eigenvalue weighted by Crippen LogP contribution is 2.47. The molecule has 1 saturated carbocycles. The number of benzene rings is 1. The minimum Gasteiger partial charge on any atom is -0.398 e. The number of hydrogen-bond acceptors (Lipinski definition) is 4. The fraction of sp³-hybridized carbons (Fsp3) is 0.500. The van der Waals surface area contributed by atoms with Crippen LogP contribution < -0.4 is 11.5 Å². The molecule has 1 aromatic rings. The molecule has 2 rings (SSSR count). The van der Waals surface area contributed by atoms with E-state index in [1.807, 2.05) is 6.07 Å². The van der Waals surface area contributed by atoms with Crippen LogP contribution in [0.4, 0.5) is 5.69 Å². The monoisotopic (exact) mass is 254 g/mol. The lowest BCUT2D eigenvalue weighted by molar-refractivity contribution is 0.520. The van der Waals surface area contributed by atoms with Gasteiger partial charge in [-0.3, -0.25) is 0 Å². The number of nitrogen functional groups attached to an aromatic ring is 1. The molecule has 1 fully saturated rings. The average molecular weight is 254 g/mol. The predicted octanol–water partition coefficient (Wildman–Crippen LogP) is 0.954. The first-order valence-electron chi connectivity index (χ1n) is 5.65. The van der Waals surface area contributed by atoms with E-state index in [1.54, 1.807) is 12.1 Å². The summed E-state index contributed by atoms with van der Waals surface area (Å²) in [7, 11) is -3.25. The first-order valence-corrected chi connectivity index (χ1v) is 7.54. The molecule has 0 aliphatic heterocycles. The molecule has 1 aliphatic carbocycles. The highest BCUT2D eigenvalue weighted by molar-refractivity contribution is 7.90. The van der Waals surface area contributed by atoms with Crippen LogP contribution in [-0.2, 0) is 16.3 Å². The quantitative estimate of drug-likeness (QED) is 0.783. The number of hydrogen-bond donors (Lipinski definition) is 2. The van der Waals surface area contributed by atoms with Crippen LogP contribution in [-0.4, -0.2) is 21.2 Å². The van der Waals surface area contributed by atoms with Gasteiger partial charge in [0.05, 0.1) is 10.6 Å². The highest BCUT2D eigenvalue weighted by Gasteiger charge is 2.41. The Kier molecular flexibility index (Phi) is 2.91. The minimum absolute atomic E-state index is 0.199. The van der Waals surface area contributed by atoms with Gasteiger partial charge in [-0.05, 0) is 48.9 Å². The van der Waals surface area contributed by atoms with Crippen LogP contribution in [0.1, 0.15) is 18.4 Å². The number of rotatable bonds is 4. The van der Waals surface area contributed by atoms with E-state index in [1.165, 1.54) is 6.26 Å². The lowest BCUT2D eigenvalue weighted by Gasteiger charge is -2.13. The smallest absolute Gasteiger partial charge is 0.177 e. The van der Waals surface area contributed by atoms with E-state index in [0.29, 0.717) is 12.2 Å². The van der Waals surface area contributed by atoms with Crippen molar-refractivity contribution in [2.24, 2.45) is 11.1 Å². The van der Waals surface area contributed by atoms with Crippen LogP contribution >= 0.6 is 0 Å². The summed E-state index contributed by atoms with van der Waals surface area (Å²) in [5.41, 5.74) is 12.9. The lowest BCUT2D eigenvalue weighted by atomic mass is 9.96. The zero-order valence-corrected chi connectivity index (χ0v) is 10.8. The van der Waals surface area contributed by atoms with Crippen LogP contribution in [0.3, 0.4) is 0 Å². The number of nitrogens with two attached hydrogens (primary N) is 2. The van der Waals surface area contributed by atoms with Gasteiger partial charge in [0.2, 0.25) is 0 Å². The maximum absolute atomic E-state index is 11.6. The lowest BCUT2D eigenvalue weighted by Crippen LogP contribution is -2.18. The van der Waals surface area contributed by atoms with Gasteiger partial charge < -0.3 is 11.5 Å². The maximum Gasteiger partial charge on any atom is 0.177 e. The molecule has 5 heteroatoms. The molecule has 0 unspecified atom stereocenters. The Bertz CT molecular complexity index is 533. The molecule has 0 radical (unpaired) electrons. The van der Waals surface area contributed by atoms with Crippen molar-refractivity contribution in [2.75, 3.05) is 18.5 Å². The zero-order valence-electron chi connectivity index (χ0n) is 9.94. The number of anilines is 1. The first-order chi connectivity index (χ1) is 7.86. The molecule has 0 spiro atoms. The first kappa shape index (κ1) is 12.4. The molecule has 94 valence electrons. The Morgan fingerprint density at radius 1 is 1.35 bits per heavy atom. The van der Waals surface area contributed by atoms with Gasteiger partial charge in [-0.1, -0.05) is 6.07 Å². The van der Waals surface area contributed by atoms with Crippen molar-refractivity contribution in [1.82, 2.24) is 0 Å². The molecular weight excluding hydrogens is 236 g/mol. The zero-order chi connectivity index (χ0) is 12.7. The van der Waals surface area contributed by atoms with Gasteiger partial charge in [-0.2, -0.15) is 0 Å². The maximum atomic E-state index is 11.6. The van der Waals surface area contributed by atoms with E-state index in [9.17, 15) is 8.42 Å². The molecule has 0 bridgehead atoms. The summed E-state index contributed by atoms with van der Waals surface area (Å²) in [6, 6.07) is 5.23. The highest BCUT2D eigenvalue weighted by atomic mass is 32.2. The van der Waals surface area contributed by atoms with E-state index in [2.05, 4.69) is 0 Å². The summed E-state index contributed by atoms with van der Waals surface area (Å²) in [6.07, 6.45) is 4.27. The second kappa shape index (κ2) is 3.99. The molecule has 4 nitrogen and oxygen atoms in total. The summed E-state index contributed by atoms with van der Waals surface area (Å²) in [5.74, 6) is 0. The normalized spacial score (nSPS) is 18.0. The fourth-order valence-corrected chi connectivity index (χ4v) is 2.93. The molecular formula is C12H18N2O2S. The molecule has 4 N–H and O–H groups in total. The minimum atomic E-state index is -3.25. The van der Waals surface area contributed by atoms with E-state index < -0.39 is 9.84 Å². The Labute approximate surface area is 102 Å². The van der Waals surface area contributed by atoms with E-state index in [0.717, 1.165) is 24.8 Å². The number of sulfone groups is 1. The second-order valence-corrected chi connectivity index (χ2v) is 7.01. The predicted molar refractivity (Wildman–Crippen MR) is 68.4 cm³/mol. The third-order valence-corrected chi connectivity index (χ3v) is 4.60. The Morgan fingerprint density at radius 3 is 2.47 bits per heavy atom. The van der Waals surface area contributed by atoms with Crippen molar-refractivity contribution in [3.8, 4) is 0 Å². The van der Waals surface area contributed by atoms with Gasteiger partial charge in [0.25, 0.3) is 0 Å². The van der Waals surface area contributed by atoms with Gasteiger partial charge in [0.15, 0.2) is 9.84 Å². The summed E-state index contributed by atoms with van der Waals surface area (Å²) >= 11 is 0. The summed E-state index contributed by atoms with van der Waals surface area (Å²) in [4.78, 5) is 0.225. The standard InChI is InChI=1S/C12H18N2O2S/c1-17(15,16)11-6-9(2-3-10(11)14)7-12(8-13)4-5-12/h2-3,6H,4-5,7-8,13-14H2,1H3. The van der Waals surface area contributed by atoms with E-state index >= 15 is 0 Å². The van der Waals surface area contributed by atoms with Crippen molar-refractivity contribution < 1.29 is 8.42 Å². The van der Waals surface area contributed by atoms with Crippen LogP contribution in [0.25, 0.3) is 0 Å². The van der Waals surface area contributed by atoms with Crippen LogP contribution in [0.15, 0.2) is 23.1 Å². The third kappa shape index (κ3) is 2.61. The van der Waals surface area contributed by atoms with Gasteiger partial charge in [0, 0.05) is 6.26 Å². The van der Waals surface area contributed by atoms with Crippen molar-refractivity contribution in [3.63, 3.8) is 0 Å². The topological polar surface area (TPSA) is 86.2 Å². The SMILES string of the molecule is CS(=O)(=O)c1cc(CC2(CN)CC2)ccc1N. The molecule has 0 aromatic heterocycles. The van der Waals surface area contributed by atoms with Gasteiger partial charge in [0.1, 0.15) is 0 Å². The van der Waals surface area contributed by atoms with Crippen molar-refractivity contribution in [1.29, 1.82) is 0 Å². The van der Waals surface area contributed by atoms with Crippen molar-refractivity contribution in [3.05, 3.63) is 23.8 Å². The largest absolute Gasteiger partial charge is 0.398 e. The molecule has 0 atom stereocenters. The van der Waals surface area contributed by atoms with Crippen molar-refractivity contribution >= 4 is 15.5 Å². The molecule has 17 heavy (non-hydrogen) atoms. The third-order valence-electron chi connectivity index (χ3n) is 3.45. The Morgan fingerprint density at radius 2 is 2.00 bits per heavy atom. The van der Waals surface area contributed by atoms with Gasteiger partial charge in [-0.15, -0.1) is 0 Å². The van der Waals surface area contributed by atoms with Gasteiger partial charge in [-0.25, -0.2) is 8.42 Å². The average Bonchev–Trinajstić information content (AvgIpc) is 3.00. The summed E-state index contributed by atoms with van der Waals surface area (Å²) in [6.45, 7) is 0.658.